The van der Waals surface area contributed by atoms with E-state index >= 15 is 0 Å². The number of hydrogen-bond acceptors (Lipinski definition) is 5. The molecular formula is C47H39N5Pt-2. The van der Waals surface area contributed by atoms with E-state index in [1.54, 1.807) is 6.20 Å². The first-order valence-electron chi connectivity index (χ1n) is 19.1. The van der Waals surface area contributed by atoms with Crippen LogP contribution in [0.1, 0.15) is 30.4 Å². The summed E-state index contributed by atoms with van der Waals surface area (Å²) in [4.78, 5) is 10.1. The monoisotopic (exact) mass is 871 g/mol. The zero-order valence-corrected chi connectivity index (χ0v) is 31.9. The first-order chi connectivity index (χ1) is 27.0. The van der Waals surface area contributed by atoms with Crippen molar-refractivity contribution < 1.29 is 21.8 Å². The second-order valence-electron chi connectivity index (χ2n) is 14.0. The van der Waals surface area contributed by atoms with Crippen molar-refractivity contribution in [1.29, 1.82) is 0 Å². The Labute approximate surface area is 324 Å². The second kappa shape index (κ2) is 13.3. The zero-order valence-electron chi connectivity index (χ0n) is 32.6. The molecular weight excluding hydrogens is 830 g/mol. The van der Waals surface area contributed by atoms with Crippen LogP contribution in [-0.2, 0) is 23.1 Å². The van der Waals surface area contributed by atoms with Gasteiger partial charge in [-0.05, 0) is 0 Å². The number of benzene rings is 6. The fourth-order valence-corrected chi connectivity index (χ4v) is 9.95. The Kier molecular flexibility index (Phi) is 7.49. The Bertz CT molecular complexity index is 2510. The maximum atomic E-state index is 8.61. The van der Waals surface area contributed by atoms with E-state index in [4.69, 9.17) is 4.11 Å². The molecule has 0 aliphatic carbocycles. The van der Waals surface area contributed by atoms with E-state index in [2.05, 4.69) is 175 Å². The number of rotatable bonds is 4. The van der Waals surface area contributed by atoms with E-state index in [0.717, 1.165) is 60.5 Å². The van der Waals surface area contributed by atoms with Crippen LogP contribution in [0.3, 0.4) is 0 Å². The number of anilines is 6. The molecule has 0 atom stereocenters. The summed E-state index contributed by atoms with van der Waals surface area (Å²) in [6.07, 6.45) is 7.70. The number of nitrogens with zero attached hydrogens (tertiary/aromatic N) is 5. The van der Waals surface area contributed by atoms with Crippen LogP contribution < -0.4 is 19.6 Å². The molecule has 0 unspecified atom stereocenters. The van der Waals surface area contributed by atoms with Crippen molar-refractivity contribution in [1.82, 2.24) is 4.90 Å². The zero-order chi connectivity index (χ0) is 38.6. The van der Waals surface area contributed by atoms with Gasteiger partial charge in [-0.15, -0.1) is 0 Å². The van der Waals surface area contributed by atoms with Crippen LogP contribution in [-0.4, -0.2) is 20.2 Å². The summed E-state index contributed by atoms with van der Waals surface area (Å²) in [5.41, 5.74) is 10.8. The molecule has 53 heavy (non-hydrogen) atoms. The van der Waals surface area contributed by atoms with Crippen LogP contribution in [0.15, 0.2) is 164 Å². The minimum atomic E-state index is -2.39. The normalized spacial score (nSPS) is 16.3. The standard InChI is InChI=1S/C47H39N5.Pt/c1-47(2,3)38-24-26-39(27-25-38)50-30-31-51(35-50)41-19-12-21-43(33-41)52(42-20-11-18-40(32-42)49-29-28-48(4)34-49)46-44(36-14-7-5-8-15-36)22-13-23-45(46)37-16-9-6-10-17-37;/h5-31H,1-4H3;/q-2;/i4D3;. The SMILES string of the molecule is [2H]C([2H])([2H])N1C=CN2[C]1=[Pt]=[C]1N(C=CN1c1ccc(C(C)(C)C)cc1)c1[c-]c(ccc1)N(c1c(-c3ccccc3)cccc1-c1ccccc1)c1[c-]c2ccc1. The molecule has 6 heteroatoms. The Morgan fingerprint density at radius 3 is 1.58 bits per heavy atom. The van der Waals surface area contributed by atoms with Crippen molar-refractivity contribution >= 4 is 42.4 Å². The van der Waals surface area contributed by atoms with Gasteiger partial charge in [0.1, 0.15) is 0 Å². The van der Waals surface area contributed by atoms with Gasteiger partial charge in [0.15, 0.2) is 0 Å². The molecule has 0 radical (unpaired) electrons. The van der Waals surface area contributed by atoms with Gasteiger partial charge in [0, 0.05) is 0 Å². The summed E-state index contributed by atoms with van der Waals surface area (Å²) in [6.45, 7) is 4.26. The summed E-state index contributed by atoms with van der Waals surface area (Å²) in [5, 5.41) is 0. The Balaban J connectivity index is 1.32. The number of fused-ring (bicyclic) bond motifs is 8. The predicted molar refractivity (Wildman–Crippen MR) is 218 cm³/mol. The van der Waals surface area contributed by atoms with E-state index in [0.29, 0.717) is 4.15 Å². The molecule has 264 valence electrons. The van der Waals surface area contributed by atoms with Crippen LogP contribution in [0.4, 0.5) is 34.1 Å². The molecule has 0 aromatic heterocycles. The van der Waals surface area contributed by atoms with Crippen molar-refractivity contribution in [2.24, 2.45) is 0 Å². The maximum absolute atomic E-state index is 8.61. The molecule has 6 aromatic rings. The molecule has 4 bridgehead atoms. The van der Waals surface area contributed by atoms with Gasteiger partial charge in [0.2, 0.25) is 0 Å². The molecule has 0 fully saturated rings. The average molecular weight is 872 g/mol. The van der Waals surface area contributed by atoms with Crippen LogP contribution in [0.2, 0.25) is 0 Å². The van der Waals surface area contributed by atoms with Gasteiger partial charge < -0.3 is 0 Å². The van der Waals surface area contributed by atoms with Gasteiger partial charge in [-0.25, -0.2) is 0 Å². The van der Waals surface area contributed by atoms with Crippen LogP contribution in [0.5, 0.6) is 0 Å². The minimum absolute atomic E-state index is 0.0105. The van der Waals surface area contributed by atoms with E-state index in [9.17, 15) is 0 Å². The van der Waals surface area contributed by atoms with Gasteiger partial charge in [-0.1, -0.05) is 0 Å². The third-order valence-electron chi connectivity index (χ3n) is 9.58. The second-order valence-corrected chi connectivity index (χ2v) is 16.6. The van der Waals surface area contributed by atoms with Crippen molar-refractivity contribution in [2.75, 3.05) is 26.6 Å². The van der Waals surface area contributed by atoms with E-state index in [1.807, 2.05) is 35.4 Å². The van der Waals surface area contributed by atoms with Crippen molar-refractivity contribution in [3.8, 4) is 22.3 Å². The van der Waals surface area contributed by atoms with E-state index < -0.39 is 24.6 Å². The summed E-state index contributed by atoms with van der Waals surface area (Å²) < 4.78 is 27.5. The number of para-hydroxylation sites is 1. The van der Waals surface area contributed by atoms with Gasteiger partial charge in [-0.2, -0.15) is 0 Å². The average Bonchev–Trinajstić information content (AvgIpc) is 3.84. The molecule has 0 saturated carbocycles. The molecule has 3 aliphatic heterocycles. The molecule has 0 N–H and O–H groups in total. The van der Waals surface area contributed by atoms with Crippen LogP contribution >= 0.6 is 0 Å². The predicted octanol–water partition coefficient (Wildman–Crippen LogP) is 10.7. The van der Waals surface area contributed by atoms with Gasteiger partial charge in [0.25, 0.3) is 0 Å². The van der Waals surface area contributed by atoms with Crippen molar-refractivity contribution in [2.45, 2.75) is 26.2 Å². The summed E-state index contributed by atoms with van der Waals surface area (Å²) in [7, 11) is 0. The Morgan fingerprint density at radius 2 is 1.02 bits per heavy atom. The summed E-state index contributed by atoms with van der Waals surface area (Å²) in [5.74, 6) is 0. The third kappa shape index (κ3) is 6.05. The molecule has 3 aliphatic rings. The van der Waals surface area contributed by atoms with E-state index in [-0.39, 0.29) is 5.41 Å². The fourth-order valence-electron chi connectivity index (χ4n) is 6.88. The Hall–Kier alpha value is -5.77. The van der Waals surface area contributed by atoms with Crippen molar-refractivity contribution in [3.63, 3.8) is 0 Å². The first kappa shape index (κ1) is 29.8. The quantitative estimate of drug-likeness (QED) is 0.164. The Morgan fingerprint density at radius 1 is 0.509 bits per heavy atom. The summed E-state index contributed by atoms with van der Waals surface area (Å²) in [6, 6.07) is 56.0. The molecule has 0 amide bonds. The fraction of sp³-hybridized carbons (Fsp3) is 0.106. The molecule has 0 spiro atoms. The van der Waals surface area contributed by atoms with Gasteiger partial charge >= 0.3 is 326 Å². The van der Waals surface area contributed by atoms with Gasteiger partial charge in [0.05, 0.1) is 0 Å². The molecule has 5 nitrogen and oxygen atoms in total. The van der Waals surface area contributed by atoms with Crippen LogP contribution in [0, 0.1) is 12.1 Å². The van der Waals surface area contributed by atoms with Crippen molar-refractivity contribution in [3.05, 3.63) is 182 Å². The first-order valence-corrected chi connectivity index (χ1v) is 19.9. The van der Waals surface area contributed by atoms with Gasteiger partial charge in [-0.3, -0.25) is 0 Å². The molecule has 9 rings (SSSR count). The molecule has 0 saturated heterocycles. The topological polar surface area (TPSA) is 16.2 Å². The van der Waals surface area contributed by atoms with E-state index in [1.165, 1.54) is 10.5 Å². The third-order valence-corrected chi connectivity index (χ3v) is 12.8. The molecule has 3 heterocycles. The van der Waals surface area contributed by atoms with Crippen LogP contribution in [0.25, 0.3) is 22.3 Å². The molecule has 6 aromatic carbocycles. The summed E-state index contributed by atoms with van der Waals surface area (Å²) >= 11 is -1.15. The number of hydrogen-bond donors (Lipinski definition) is 0.